The van der Waals surface area contributed by atoms with Crippen molar-refractivity contribution >= 4 is 0 Å². The van der Waals surface area contributed by atoms with Gasteiger partial charge in [0.05, 0.1) is 18.8 Å². The Labute approximate surface area is 141 Å². The summed E-state index contributed by atoms with van der Waals surface area (Å²) in [5.74, 6) is 0. The van der Waals surface area contributed by atoms with Gasteiger partial charge in [0.25, 0.3) is 0 Å². The summed E-state index contributed by atoms with van der Waals surface area (Å²) < 4.78 is 5.62. The third-order valence-corrected chi connectivity index (χ3v) is 4.54. The van der Waals surface area contributed by atoms with Crippen molar-refractivity contribution in [3.8, 4) is 0 Å². The first kappa shape index (κ1) is 18.4. The number of aliphatic hydroxyl groups is 1. The summed E-state index contributed by atoms with van der Waals surface area (Å²) >= 11 is 0. The SMILES string of the molecule is Cc1ccc([C@H](O)CN2CCN(CCOC(C)C)CC2)c(C)c1. The van der Waals surface area contributed by atoms with Gasteiger partial charge in [-0.05, 0) is 38.8 Å². The van der Waals surface area contributed by atoms with Gasteiger partial charge in [0.1, 0.15) is 0 Å². The molecule has 0 saturated carbocycles. The van der Waals surface area contributed by atoms with Crippen LogP contribution in [0, 0.1) is 13.8 Å². The van der Waals surface area contributed by atoms with Crippen LogP contribution in [0.1, 0.15) is 36.6 Å². The molecule has 1 heterocycles. The number of benzene rings is 1. The fourth-order valence-electron chi connectivity index (χ4n) is 3.16. The highest BCUT2D eigenvalue weighted by molar-refractivity contribution is 5.32. The number of ether oxygens (including phenoxy) is 1. The first-order valence-corrected chi connectivity index (χ1v) is 8.77. The number of hydrogen-bond acceptors (Lipinski definition) is 4. The van der Waals surface area contributed by atoms with Crippen LogP contribution in [0.3, 0.4) is 0 Å². The molecule has 130 valence electrons. The van der Waals surface area contributed by atoms with Crippen molar-refractivity contribution in [2.75, 3.05) is 45.9 Å². The minimum atomic E-state index is -0.397. The van der Waals surface area contributed by atoms with Gasteiger partial charge < -0.3 is 9.84 Å². The van der Waals surface area contributed by atoms with Gasteiger partial charge in [-0.2, -0.15) is 0 Å². The number of β-amino-alcohol motifs (C(OH)–C–C–N with tert-alkyl or cyclic N) is 1. The van der Waals surface area contributed by atoms with Crippen molar-refractivity contribution in [3.05, 3.63) is 34.9 Å². The molecule has 1 atom stereocenters. The van der Waals surface area contributed by atoms with E-state index in [1.165, 1.54) is 11.1 Å². The maximum Gasteiger partial charge on any atom is 0.0919 e. The molecule has 23 heavy (non-hydrogen) atoms. The van der Waals surface area contributed by atoms with Crippen LogP contribution in [0.25, 0.3) is 0 Å². The minimum Gasteiger partial charge on any atom is -0.387 e. The van der Waals surface area contributed by atoms with E-state index in [4.69, 9.17) is 4.74 Å². The van der Waals surface area contributed by atoms with Crippen LogP contribution in [-0.4, -0.2) is 66.9 Å². The van der Waals surface area contributed by atoms with E-state index in [-0.39, 0.29) is 0 Å². The van der Waals surface area contributed by atoms with Crippen molar-refractivity contribution in [3.63, 3.8) is 0 Å². The molecule has 1 aromatic rings. The van der Waals surface area contributed by atoms with E-state index >= 15 is 0 Å². The molecule has 1 saturated heterocycles. The fraction of sp³-hybridized carbons (Fsp3) is 0.684. The summed E-state index contributed by atoms with van der Waals surface area (Å²) in [6.45, 7) is 15.0. The number of hydrogen-bond donors (Lipinski definition) is 1. The molecule has 0 aromatic heterocycles. The summed E-state index contributed by atoms with van der Waals surface area (Å²) in [5, 5.41) is 10.5. The lowest BCUT2D eigenvalue weighted by atomic mass is 10.0. The molecule has 4 heteroatoms. The van der Waals surface area contributed by atoms with Crippen molar-refractivity contribution in [2.45, 2.75) is 39.9 Å². The molecule has 0 aliphatic carbocycles. The molecule has 1 fully saturated rings. The molecular weight excluding hydrogens is 288 g/mol. The molecule has 0 bridgehead atoms. The summed E-state index contributed by atoms with van der Waals surface area (Å²) in [5.41, 5.74) is 3.49. The molecule has 1 aromatic carbocycles. The zero-order chi connectivity index (χ0) is 16.8. The molecule has 0 amide bonds. The van der Waals surface area contributed by atoms with Gasteiger partial charge in [-0.15, -0.1) is 0 Å². The number of piperazine rings is 1. The Morgan fingerprint density at radius 3 is 2.35 bits per heavy atom. The monoisotopic (exact) mass is 320 g/mol. The van der Waals surface area contributed by atoms with Gasteiger partial charge in [0.2, 0.25) is 0 Å². The summed E-state index contributed by atoms with van der Waals surface area (Å²) in [6.07, 6.45) is -0.0874. The molecule has 4 nitrogen and oxygen atoms in total. The Balaban J connectivity index is 1.75. The van der Waals surface area contributed by atoms with Crippen molar-refractivity contribution < 1.29 is 9.84 Å². The number of rotatable bonds is 7. The molecule has 0 spiro atoms. The Morgan fingerprint density at radius 2 is 1.74 bits per heavy atom. The predicted octanol–water partition coefficient (Wildman–Crippen LogP) is 2.38. The van der Waals surface area contributed by atoms with Crippen LogP contribution < -0.4 is 0 Å². The van der Waals surface area contributed by atoms with E-state index in [9.17, 15) is 5.11 Å². The number of aryl methyl sites for hydroxylation is 2. The number of nitrogens with zero attached hydrogens (tertiary/aromatic N) is 2. The smallest absolute Gasteiger partial charge is 0.0919 e. The third-order valence-electron chi connectivity index (χ3n) is 4.54. The van der Waals surface area contributed by atoms with Crippen LogP contribution >= 0.6 is 0 Å². The highest BCUT2D eigenvalue weighted by atomic mass is 16.5. The predicted molar refractivity (Wildman–Crippen MR) is 94.8 cm³/mol. The molecule has 1 aliphatic heterocycles. The Kier molecular flexibility index (Phi) is 7.03. The molecule has 0 radical (unpaired) electrons. The lowest BCUT2D eigenvalue weighted by Gasteiger charge is -2.35. The Hall–Kier alpha value is -0.940. The van der Waals surface area contributed by atoms with E-state index in [0.717, 1.165) is 51.4 Å². The number of aliphatic hydroxyl groups excluding tert-OH is 1. The van der Waals surface area contributed by atoms with Gasteiger partial charge in [0.15, 0.2) is 0 Å². The lowest BCUT2D eigenvalue weighted by molar-refractivity contribution is 0.0347. The van der Waals surface area contributed by atoms with Crippen LogP contribution in [0.5, 0.6) is 0 Å². The zero-order valence-corrected chi connectivity index (χ0v) is 15.1. The molecule has 1 N–H and O–H groups in total. The molecule has 1 aliphatic rings. The fourth-order valence-corrected chi connectivity index (χ4v) is 3.16. The van der Waals surface area contributed by atoms with Crippen LogP contribution in [0.15, 0.2) is 18.2 Å². The summed E-state index contributed by atoms with van der Waals surface area (Å²) in [7, 11) is 0. The highest BCUT2D eigenvalue weighted by Crippen LogP contribution is 2.20. The van der Waals surface area contributed by atoms with E-state index in [2.05, 4.69) is 55.7 Å². The van der Waals surface area contributed by atoms with Crippen molar-refractivity contribution in [2.24, 2.45) is 0 Å². The Morgan fingerprint density at radius 1 is 1.09 bits per heavy atom. The van der Waals surface area contributed by atoms with E-state index in [1.807, 2.05) is 0 Å². The van der Waals surface area contributed by atoms with Crippen molar-refractivity contribution in [1.29, 1.82) is 0 Å². The maximum atomic E-state index is 10.5. The molecular formula is C19H32N2O2. The second-order valence-electron chi connectivity index (χ2n) is 6.94. The van der Waals surface area contributed by atoms with E-state index < -0.39 is 6.10 Å². The third kappa shape index (κ3) is 5.88. The standard InChI is InChI=1S/C19H32N2O2/c1-15(2)23-12-11-20-7-9-21(10-8-20)14-19(22)18-6-5-16(3)13-17(18)4/h5-6,13,15,19,22H,7-12,14H2,1-4H3/t19-/m1/s1. The van der Waals surface area contributed by atoms with Gasteiger partial charge in [-0.1, -0.05) is 23.8 Å². The van der Waals surface area contributed by atoms with Crippen molar-refractivity contribution in [1.82, 2.24) is 9.80 Å². The second kappa shape index (κ2) is 8.78. The van der Waals surface area contributed by atoms with Crippen LogP contribution in [-0.2, 0) is 4.74 Å². The largest absolute Gasteiger partial charge is 0.387 e. The van der Waals surface area contributed by atoms with Gasteiger partial charge in [-0.25, -0.2) is 0 Å². The second-order valence-corrected chi connectivity index (χ2v) is 6.94. The minimum absolute atomic E-state index is 0.309. The van der Waals surface area contributed by atoms with Crippen LogP contribution in [0.2, 0.25) is 0 Å². The van der Waals surface area contributed by atoms with Gasteiger partial charge in [-0.3, -0.25) is 9.80 Å². The van der Waals surface area contributed by atoms with Gasteiger partial charge >= 0.3 is 0 Å². The average Bonchev–Trinajstić information content (AvgIpc) is 2.48. The quantitative estimate of drug-likeness (QED) is 0.837. The van der Waals surface area contributed by atoms with Gasteiger partial charge in [0, 0.05) is 39.3 Å². The first-order valence-electron chi connectivity index (χ1n) is 8.77. The van der Waals surface area contributed by atoms with E-state index in [1.54, 1.807) is 0 Å². The molecule has 0 unspecified atom stereocenters. The average molecular weight is 320 g/mol. The first-order chi connectivity index (χ1) is 11.0. The molecule has 2 rings (SSSR count). The lowest BCUT2D eigenvalue weighted by Crippen LogP contribution is -2.48. The Bertz CT molecular complexity index is 482. The topological polar surface area (TPSA) is 35.9 Å². The van der Waals surface area contributed by atoms with E-state index in [0.29, 0.717) is 6.10 Å². The summed E-state index contributed by atoms with van der Waals surface area (Å²) in [4.78, 5) is 4.81. The maximum absolute atomic E-state index is 10.5. The summed E-state index contributed by atoms with van der Waals surface area (Å²) in [6, 6.07) is 6.29. The highest BCUT2D eigenvalue weighted by Gasteiger charge is 2.20. The normalized spacial score (nSPS) is 18.5. The zero-order valence-electron chi connectivity index (χ0n) is 15.1. The van der Waals surface area contributed by atoms with Crippen LogP contribution in [0.4, 0.5) is 0 Å².